The molecule has 0 unspecified atom stereocenters. The number of anilines is 1. The van der Waals surface area contributed by atoms with E-state index >= 15 is 0 Å². The van der Waals surface area contributed by atoms with E-state index in [2.05, 4.69) is 0 Å². The SMILES string of the molecule is COc1cc(C(=O)N2CCC(C(=O)N3CCN(c4ccccc4F)CC3)CC2)cc(OC)c1OC. The first-order valence-electron chi connectivity index (χ1n) is 11.8. The van der Waals surface area contributed by atoms with Crippen molar-refractivity contribution in [3.63, 3.8) is 0 Å². The van der Waals surface area contributed by atoms with Crippen LogP contribution in [0.15, 0.2) is 36.4 Å². The molecule has 0 saturated carbocycles. The van der Waals surface area contributed by atoms with Gasteiger partial charge in [-0.1, -0.05) is 12.1 Å². The summed E-state index contributed by atoms with van der Waals surface area (Å²) < 4.78 is 30.2. The number of carbonyl (C=O) groups is 2. The molecule has 2 saturated heterocycles. The smallest absolute Gasteiger partial charge is 0.254 e. The fraction of sp³-hybridized carbons (Fsp3) is 0.462. The van der Waals surface area contributed by atoms with Gasteiger partial charge >= 0.3 is 0 Å². The molecule has 2 aromatic rings. The van der Waals surface area contributed by atoms with E-state index in [0.717, 1.165) is 0 Å². The number of amides is 2. The molecule has 4 rings (SSSR count). The molecule has 0 atom stereocenters. The molecule has 2 heterocycles. The average Bonchev–Trinajstić information content (AvgIpc) is 2.91. The summed E-state index contributed by atoms with van der Waals surface area (Å²) in [6.07, 6.45) is 1.23. The molecule has 35 heavy (non-hydrogen) atoms. The molecule has 0 aromatic heterocycles. The number of likely N-dealkylation sites (tertiary alicyclic amines) is 1. The molecule has 2 aromatic carbocycles. The summed E-state index contributed by atoms with van der Waals surface area (Å²) in [7, 11) is 4.54. The molecule has 2 amide bonds. The summed E-state index contributed by atoms with van der Waals surface area (Å²) in [4.78, 5) is 31.9. The lowest BCUT2D eigenvalue weighted by Crippen LogP contribution is -2.52. The fourth-order valence-corrected chi connectivity index (χ4v) is 4.85. The van der Waals surface area contributed by atoms with Crippen molar-refractivity contribution >= 4 is 17.5 Å². The van der Waals surface area contributed by atoms with Gasteiger partial charge in [-0.3, -0.25) is 9.59 Å². The van der Waals surface area contributed by atoms with Gasteiger partial charge in [-0.2, -0.15) is 0 Å². The number of ether oxygens (including phenoxy) is 3. The monoisotopic (exact) mass is 485 g/mol. The molecule has 188 valence electrons. The zero-order valence-corrected chi connectivity index (χ0v) is 20.5. The van der Waals surface area contributed by atoms with Crippen molar-refractivity contribution < 1.29 is 28.2 Å². The third-order valence-corrected chi connectivity index (χ3v) is 6.83. The number of hydrogen-bond donors (Lipinski definition) is 0. The van der Waals surface area contributed by atoms with Gasteiger partial charge in [0.15, 0.2) is 11.5 Å². The second-order valence-electron chi connectivity index (χ2n) is 8.74. The maximum atomic E-state index is 14.1. The fourth-order valence-electron chi connectivity index (χ4n) is 4.85. The number of piperidine rings is 1. The van der Waals surface area contributed by atoms with Crippen molar-refractivity contribution in [2.24, 2.45) is 5.92 Å². The van der Waals surface area contributed by atoms with Crippen LogP contribution in [0.4, 0.5) is 10.1 Å². The predicted octanol–water partition coefficient (Wildman–Crippen LogP) is 3.05. The highest BCUT2D eigenvalue weighted by Crippen LogP contribution is 2.38. The number of para-hydroxylation sites is 1. The Balaban J connectivity index is 1.33. The molecule has 0 N–H and O–H groups in total. The summed E-state index contributed by atoms with van der Waals surface area (Å²) in [5, 5.41) is 0. The Morgan fingerprint density at radius 1 is 0.829 bits per heavy atom. The predicted molar refractivity (Wildman–Crippen MR) is 130 cm³/mol. The van der Waals surface area contributed by atoms with Crippen molar-refractivity contribution in [3.8, 4) is 17.2 Å². The van der Waals surface area contributed by atoms with Crippen LogP contribution < -0.4 is 19.1 Å². The van der Waals surface area contributed by atoms with Crippen LogP contribution in [0.25, 0.3) is 0 Å². The van der Waals surface area contributed by atoms with Crippen LogP contribution in [-0.2, 0) is 4.79 Å². The average molecular weight is 486 g/mol. The number of piperazine rings is 1. The van der Waals surface area contributed by atoms with Crippen LogP contribution in [0.1, 0.15) is 23.2 Å². The number of methoxy groups -OCH3 is 3. The standard InChI is InChI=1S/C26H32FN3O5/c1-33-22-16-19(17-23(34-2)24(22)35-3)26(32)29-10-8-18(9-11-29)25(31)30-14-12-28(13-15-30)21-7-5-4-6-20(21)27/h4-7,16-18H,8-15H2,1-3H3. The van der Waals surface area contributed by atoms with E-state index in [0.29, 0.717) is 80.6 Å². The van der Waals surface area contributed by atoms with E-state index in [-0.39, 0.29) is 23.5 Å². The molecule has 2 aliphatic rings. The Morgan fingerprint density at radius 2 is 1.43 bits per heavy atom. The van der Waals surface area contributed by atoms with Crippen molar-refractivity contribution in [3.05, 3.63) is 47.8 Å². The Hall–Kier alpha value is -3.49. The molecule has 0 radical (unpaired) electrons. The van der Waals surface area contributed by atoms with Crippen molar-refractivity contribution in [2.45, 2.75) is 12.8 Å². The molecule has 0 aliphatic carbocycles. The van der Waals surface area contributed by atoms with Gasteiger partial charge in [-0.25, -0.2) is 4.39 Å². The second kappa shape index (κ2) is 10.8. The Morgan fingerprint density at radius 3 is 1.97 bits per heavy atom. The maximum absolute atomic E-state index is 14.1. The van der Waals surface area contributed by atoms with E-state index in [1.54, 1.807) is 29.2 Å². The molecular weight excluding hydrogens is 453 g/mol. The molecule has 0 bridgehead atoms. The molecule has 8 nitrogen and oxygen atoms in total. The minimum absolute atomic E-state index is 0.112. The van der Waals surface area contributed by atoms with Gasteiger partial charge in [0, 0.05) is 50.7 Å². The first-order valence-corrected chi connectivity index (χ1v) is 11.8. The van der Waals surface area contributed by atoms with Gasteiger partial charge in [0.1, 0.15) is 5.82 Å². The highest BCUT2D eigenvalue weighted by Gasteiger charge is 2.32. The molecule has 0 spiro atoms. The minimum atomic E-state index is -0.239. The highest BCUT2D eigenvalue weighted by atomic mass is 19.1. The Labute approximate surface area is 205 Å². The normalized spacial score (nSPS) is 16.7. The van der Waals surface area contributed by atoms with Crippen molar-refractivity contribution in [1.82, 2.24) is 9.80 Å². The lowest BCUT2D eigenvalue weighted by atomic mass is 9.94. The second-order valence-corrected chi connectivity index (χ2v) is 8.74. The summed E-state index contributed by atoms with van der Waals surface area (Å²) in [5.41, 5.74) is 1.03. The lowest BCUT2D eigenvalue weighted by molar-refractivity contribution is -0.137. The van der Waals surface area contributed by atoms with Crippen molar-refractivity contribution in [2.75, 3.05) is 65.5 Å². The van der Waals surface area contributed by atoms with Gasteiger partial charge in [0.25, 0.3) is 5.91 Å². The third-order valence-electron chi connectivity index (χ3n) is 6.83. The molecule has 9 heteroatoms. The van der Waals surface area contributed by atoms with Gasteiger partial charge in [0.2, 0.25) is 11.7 Å². The van der Waals surface area contributed by atoms with Crippen LogP contribution in [-0.4, -0.2) is 82.2 Å². The number of nitrogens with zero attached hydrogens (tertiary/aromatic N) is 3. The maximum Gasteiger partial charge on any atom is 0.254 e. The Kier molecular flexibility index (Phi) is 7.63. The lowest BCUT2D eigenvalue weighted by Gasteiger charge is -2.39. The van der Waals surface area contributed by atoms with E-state index in [1.807, 2.05) is 15.9 Å². The molecular formula is C26H32FN3O5. The van der Waals surface area contributed by atoms with Gasteiger partial charge < -0.3 is 28.9 Å². The van der Waals surface area contributed by atoms with E-state index in [4.69, 9.17) is 14.2 Å². The van der Waals surface area contributed by atoms with Gasteiger partial charge in [0.05, 0.1) is 27.0 Å². The zero-order chi connectivity index (χ0) is 24.9. The largest absolute Gasteiger partial charge is 0.493 e. The number of hydrogen-bond acceptors (Lipinski definition) is 6. The number of benzene rings is 2. The van der Waals surface area contributed by atoms with Crippen molar-refractivity contribution in [1.29, 1.82) is 0 Å². The zero-order valence-electron chi connectivity index (χ0n) is 20.5. The summed E-state index contributed by atoms with van der Waals surface area (Å²) in [5.74, 6) is 0.928. The number of carbonyl (C=O) groups excluding carboxylic acids is 2. The highest BCUT2D eigenvalue weighted by molar-refractivity contribution is 5.96. The first kappa shape index (κ1) is 24.6. The number of rotatable bonds is 6. The first-order chi connectivity index (χ1) is 17.0. The van der Waals surface area contributed by atoms with E-state index < -0.39 is 0 Å². The summed E-state index contributed by atoms with van der Waals surface area (Å²) in [6.45, 7) is 3.34. The van der Waals surface area contributed by atoms with Crippen LogP contribution in [0.3, 0.4) is 0 Å². The summed E-state index contributed by atoms with van der Waals surface area (Å²) >= 11 is 0. The quantitative estimate of drug-likeness (QED) is 0.627. The van der Waals surface area contributed by atoms with Crippen LogP contribution in [0.5, 0.6) is 17.2 Å². The van der Waals surface area contributed by atoms with Crippen LogP contribution in [0, 0.1) is 11.7 Å². The molecule has 2 fully saturated rings. The minimum Gasteiger partial charge on any atom is -0.493 e. The third kappa shape index (κ3) is 5.13. The van der Waals surface area contributed by atoms with Crippen LogP contribution >= 0.6 is 0 Å². The Bertz CT molecular complexity index is 1040. The van der Waals surface area contributed by atoms with Gasteiger partial charge in [-0.05, 0) is 37.1 Å². The van der Waals surface area contributed by atoms with Crippen LogP contribution in [0.2, 0.25) is 0 Å². The summed E-state index contributed by atoms with van der Waals surface area (Å²) in [6, 6.07) is 10.0. The molecule has 2 aliphatic heterocycles. The van der Waals surface area contributed by atoms with Gasteiger partial charge in [-0.15, -0.1) is 0 Å². The van der Waals surface area contributed by atoms with E-state index in [1.165, 1.54) is 27.4 Å². The number of halogens is 1. The van der Waals surface area contributed by atoms with E-state index in [9.17, 15) is 14.0 Å². The topological polar surface area (TPSA) is 71.6 Å².